The van der Waals surface area contributed by atoms with E-state index in [1.807, 2.05) is 0 Å². The Hall–Kier alpha value is -1.38. The van der Waals surface area contributed by atoms with Crippen LogP contribution >= 0.6 is 11.5 Å². The number of anilines is 1. The molecule has 17 heavy (non-hydrogen) atoms. The number of nitrogens with one attached hydrogen (secondary N) is 1. The predicted octanol–water partition coefficient (Wildman–Crippen LogP) is 1.71. The summed E-state index contributed by atoms with van der Waals surface area (Å²) in [4.78, 5) is 4.93. The summed E-state index contributed by atoms with van der Waals surface area (Å²) in [5.74, 6) is -1.16. The van der Waals surface area contributed by atoms with Crippen molar-refractivity contribution >= 4 is 22.5 Å². The Morgan fingerprint density at radius 1 is 1.59 bits per heavy atom. The molecular weight excluding hydrogens is 255 g/mol. The molecule has 1 atom stereocenters. The van der Waals surface area contributed by atoms with E-state index in [4.69, 9.17) is 11.1 Å². The van der Waals surface area contributed by atoms with E-state index >= 15 is 0 Å². The van der Waals surface area contributed by atoms with E-state index in [-0.39, 0.29) is 23.4 Å². The van der Waals surface area contributed by atoms with Gasteiger partial charge in [-0.05, 0) is 6.92 Å². The molecule has 1 unspecified atom stereocenters. The monoisotopic (exact) mass is 267 g/mol. The van der Waals surface area contributed by atoms with Crippen molar-refractivity contribution < 1.29 is 13.2 Å². The van der Waals surface area contributed by atoms with Gasteiger partial charge in [0.2, 0.25) is 11.0 Å². The maximum atomic E-state index is 12.3. The van der Waals surface area contributed by atoms with Gasteiger partial charge in [-0.15, -0.1) is 0 Å². The zero-order valence-electron chi connectivity index (χ0n) is 9.25. The molecule has 9 heteroatoms. The molecular formula is C8H12F3N5S. The summed E-state index contributed by atoms with van der Waals surface area (Å²) in [5, 5.41) is 7.28. The summed E-state index contributed by atoms with van der Waals surface area (Å²) in [6.07, 6.45) is -4.27. The SMILES string of the molecule is CC(CC(=N)N)N(C)c1nc(C(F)(F)F)ns1. The first kappa shape index (κ1) is 13.7. The smallest absolute Gasteiger partial charge is 0.388 e. The summed E-state index contributed by atoms with van der Waals surface area (Å²) in [6.45, 7) is 1.75. The van der Waals surface area contributed by atoms with Crippen LogP contribution in [0.4, 0.5) is 18.3 Å². The Labute approximate surface area is 100 Å². The molecule has 0 amide bonds. The van der Waals surface area contributed by atoms with Gasteiger partial charge < -0.3 is 10.6 Å². The Morgan fingerprint density at radius 3 is 2.59 bits per heavy atom. The zero-order valence-corrected chi connectivity index (χ0v) is 10.1. The lowest BCUT2D eigenvalue weighted by Gasteiger charge is -2.23. The van der Waals surface area contributed by atoms with Crippen molar-refractivity contribution in [2.24, 2.45) is 5.73 Å². The van der Waals surface area contributed by atoms with E-state index in [9.17, 15) is 13.2 Å². The molecule has 0 spiro atoms. The molecule has 0 aliphatic heterocycles. The Bertz CT molecular complexity index is 402. The van der Waals surface area contributed by atoms with Gasteiger partial charge in [0, 0.05) is 31.0 Å². The minimum Gasteiger partial charge on any atom is -0.388 e. The van der Waals surface area contributed by atoms with Crippen molar-refractivity contribution in [1.29, 1.82) is 5.41 Å². The van der Waals surface area contributed by atoms with Crippen LogP contribution in [-0.4, -0.2) is 28.3 Å². The molecule has 1 heterocycles. The maximum absolute atomic E-state index is 12.3. The fraction of sp³-hybridized carbons (Fsp3) is 0.625. The molecule has 0 radical (unpaired) electrons. The molecule has 0 saturated heterocycles. The van der Waals surface area contributed by atoms with Gasteiger partial charge in [0.1, 0.15) is 0 Å². The van der Waals surface area contributed by atoms with E-state index in [1.54, 1.807) is 14.0 Å². The number of amidine groups is 1. The Balaban J connectivity index is 2.79. The minimum absolute atomic E-state index is 0.0232. The van der Waals surface area contributed by atoms with E-state index in [0.29, 0.717) is 11.5 Å². The first-order valence-electron chi connectivity index (χ1n) is 4.68. The van der Waals surface area contributed by atoms with Crippen LogP contribution in [0.15, 0.2) is 0 Å². The largest absolute Gasteiger partial charge is 0.452 e. The number of nitrogens with zero attached hydrogens (tertiary/aromatic N) is 3. The van der Waals surface area contributed by atoms with E-state index < -0.39 is 12.0 Å². The highest BCUT2D eigenvalue weighted by Crippen LogP contribution is 2.30. The van der Waals surface area contributed by atoms with Crippen molar-refractivity contribution in [2.75, 3.05) is 11.9 Å². The molecule has 0 aliphatic carbocycles. The minimum atomic E-state index is -4.53. The lowest BCUT2D eigenvalue weighted by molar-refractivity contribution is -0.144. The van der Waals surface area contributed by atoms with Crippen molar-refractivity contribution in [3.8, 4) is 0 Å². The van der Waals surface area contributed by atoms with Crippen molar-refractivity contribution in [2.45, 2.75) is 25.6 Å². The van der Waals surface area contributed by atoms with Gasteiger partial charge in [0.05, 0.1) is 5.84 Å². The van der Waals surface area contributed by atoms with E-state index in [2.05, 4.69) is 9.36 Å². The second kappa shape index (κ2) is 4.86. The van der Waals surface area contributed by atoms with Crippen LogP contribution in [0.5, 0.6) is 0 Å². The number of alkyl halides is 3. The van der Waals surface area contributed by atoms with E-state index in [0.717, 1.165) is 0 Å². The number of aromatic nitrogens is 2. The van der Waals surface area contributed by atoms with Crippen LogP contribution in [0.3, 0.4) is 0 Å². The van der Waals surface area contributed by atoms with Crippen LogP contribution in [0.1, 0.15) is 19.2 Å². The third kappa shape index (κ3) is 3.55. The molecule has 0 bridgehead atoms. The third-order valence-electron chi connectivity index (χ3n) is 2.15. The van der Waals surface area contributed by atoms with Gasteiger partial charge in [0.25, 0.3) is 0 Å². The molecule has 1 aromatic heterocycles. The first-order chi connectivity index (χ1) is 7.71. The highest BCUT2D eigenvalue weighted by Gasteiger charge is 2.36. The van der Waals surface area contributed by atoms with Crippen LogP contribution in [0, 0.1) is 5.41 Å². The van der Waals surface area contributed by atoms with Gasteiger partial charge in [-0.25, -0.2) is 0 Å². The summed E-state index contributed by atoms with van der Waals surface area (Å²) in [6, 6.07) is -0.207. The fourth-order valence-electron chi connectivity index (χ4n) is 1.12. The predicted molar refractivity (Wildman–Crippen MR) is 59.3 cm³/mol. The molecule has 0 saturated carbocycles. The molecule has 0 aromatic carbocycles. The molecule has 5 nitrogen and oxygen atoms in total. The third-order valence-corrected chi connectivity index (χ3v) is 2.95. The van der Waals surface area contributed by atoms with E-state index in [1.165, 1.54) is 4.90 Å². The average Bonchev–Trinajstić information content (AvgIpc) is 2.63. The summed E-state index contributed by atoms with van der Waals surface area (Å²) < 4.78 is 40.1. The Morgan fingerprint density at radius 2 is 2.18 bits per heavy atom. The topological polar surface area (TPSA) is 78.9 Å². The van der Waals surface area contributed by atoms with Gasteiger partial charge >= 0.3 is 6.18 Å². The second-order valence-electron chi connectivity index (χ2n) is 3.59. The molecule has 1 aromatic rings. The highest BCUT2D eigenvalue weighted by molar-refractivity contribution is 7.09. The van der Waals surface area contributed by atoms with Crippen LogP contribution in [-0.2, 0) is 6.18 Å². The summed E-state index contributed by atoms with van der Waals surface area (Å²) in [7, 11) is 1.59. The molecule has 0 aliphatic rings. The van der Waals surface area contributed by atoms with Crippen molar-refractivity contribution in [3.05, 3.63) is 5.82 Å². The first-order valence-corrected chi connectivity index (χ1v) is 5.45. The number of hydrogen-bond acceptors (Lipinski definition) is 5. The van der Waals surface area contributed by atoms with Crippen LogP contribution in [0.25, 0.3) is 0 Å². The number of rotatable bonds is 4. The second-order valence-corrected chi connectivity index (χ2v) is 4.32. The molecule has 0 fully saturated rings. The molecule has 3 N–H and O–H groups in total. The van der Waals surface area contributed by atoms with Crippen LogP contribution < -0.4 is 10.6 Å². The maximum Gasteiger partial charge on any atom is 0.452 e. The van der Waals surface area contributed by atoms with Gasteiger partial charge in [-0.1, -0.05) is 0 Å². The van der Waals surface area contributed by atoms with Gasteiger partial charge in [-0.3, -0.25) is 5.41 Å². The zero-order chi connectivity index (χ0) is 13.2. The highest BCUT2D eigenvalue weighted by atomic mass is 32.1. The summed E-state index contributed by atoms with van der Waals surface area (Å²) in [5.41, 5.74) is 5.23. The number of hydrogen-bond donors (Lipinski definition) is 2. The van der Waals surface area contributed by atoms with Crippen LogP contribution in [0.2, 0.25) is 0 Å². The Kier molecular flexibility index (Phi) is 3.91. The van der Waals surface area contributed by atoms with Gasteiger partial charge in [-0.2, -0.15) is 22.5 Å². The normalized spacial score (nSPS) is 13.5. The molecule has 1 rings (SSSR count). The van der Waals surface area contributed by atoms with Gasteiger partial charge in [0.15, 0.2) is 0 Å². The fourth-order valence-corrected chi connectivity index (χ4v) is 1.87. The standard InChI is InChI=1S/C8H12F3N5S/c1-4(3-5(12)13)16(2)7-14-6(15-17-7)8(9,10)11/h4H,3H2,1-2H3,(H3,12,13). The van der Waals surface area contributed by atoms with Crippen molar-refractivity contribution in [3.63, 3.8) is 0 Å². The molecule has 96 valence electrons. The quantitative estimate of drug-likeness (QED) is 0.643. The lowest BCUT2D eigenvalue weighted by Crippen LogP contribution is -2.32. The summed E-state index contributed by atoms with van der Waals surface area (Å²) >= 11 is 0.673. The average molecular weight is 267 g/mol. The van der Waals surface area contributed by atoms with Crippen molar-refractivity contribution in [1.82, 2.24) is 9.36 Å². The number of nitrogens with two attached hydrogens (primary N) is 1. The number of halogens is 3. The lowest BCUT2D eigenvalue weighted by atomic mass is 10.2.